The molecule has 1 atom stereocenters. The van der Waals surface area contributed by atoms with E-state index in [1.165, 1.54) is 5.56 Å². The average molecular weight is 386 g/mol. The molecule has 152 valence electrons. The molecule has 0 aliphatic carbocycles. The van der Waals surface area contributed by atoms with Crippen molar-refractivity contribution in [1.82, 2.24) is 24.9 Å². The maximum atomic E-state index is 13.1. The summed E-state index contributed by atoms with van der Waals surface area (Å²) in [5.74, 6) is 0.878. The lowest BCUT2D eigenvalue weighted by atomic mass is 10.0. The number of hydrogen-bond acceptors (Lipinski definition) is 5. The minimum atomic E-state index is -0.570. The fourth-order valence-electron chi connectivity index (χ4n) is 4.41. The van der Waals surface area contributed by atoms with Gasteiger partial charge in [0.1, 0.15) is 5.82 Å². The van der Waals surface area contributed by atoms with Crippen molar-refractivity contribution in [3.8, 4) is 0 Å². The lowest BCUT2D eigenvalue weighted by Crippen LogP contribution is -2.61. The van der Waals surface area contributed by atoms with Gasteiger partial charge in [0.2, 0.25) is 5.91 Å². The van der Waals surface area contributed by atoms with Gasteiger partial charge in [0, 0.05) is 45.1 Å². The molecule has 7 nitrogen and oxygen atoms in total. The minimum absolute atomic E-state index is 0.0335. The van der Waals surface area contributed by atoms with E-state index >= 15 is 0 Å². The van der Waals surface area contributed by atoms with E-state index in [9.17, 15) is 4.79 Å². The number of aromatic nitrogens is 2. The topological polar surface area (TPSA) is 70.9 Å². The van der Waals surface area contributed by atoms with Gasteiger partial charge in [-0.3, -0.25) is 9.69 Å². The van der Waals surface area contributed by atoms with Crippen LogP contribution in [0.4, 0.5) is 0 Å². The van der Waals surface area contributed by atoms with Gasteiger partial charge in [-0.15, -0.1) is 0 Å². The predicted octanol–water partition coefficient (Wildman–Crippen LogP) is 1.45. The summed E-state index contributed by atoms with van der Waals surface area (Å²) in [4.78, 5) is 20.1. The van der Waals surface area contributed by atoms with Crippen LogP contribution in [0.3, 0.4) is 0 Å². The zero-order chi connectivity index (χ0) is 19.7. The molecule has 0 radical (unpaired) electrons. The van der Waals surface area contributed by atoms with E-state index in [-0.39, 0.29) is 11.9 Å². The summed E-state index contributed by atoms with van der Waals surface area (Å²) in [6, 6.07) is 4.41. The fraction of sp³-hybridized carbons (Fsp3) is 0.619. The number of fused-ring (bicyclic) bond motifs is 1. The van der Waals surface area contributed by atoms with Crippen LogP contribution >= 0.6 is 0 Å². The highest BCUT2D eigenvalue weighted by Crippen LogP contribution is 2.23. The van der Waals surface area contributed by atoms with Crippen LogP contribution in [0.5, 0.6) is 0 Å². The number of rotatable bonds is 4. The molecule has 7 heteroatoms. The van der Waals surface area contributed by atoms with Crippen LogP contribution in [0.15, 0.2) is 24.5 Å². The Bertz CT molecular complexity index is 840. The molecule has 1 amide bonds. The number of hydrogen-bond donors (Lipinski definition) is 2. The molecule has 4 heterocycles. The Kier molecular flexibility index (Phi) is 5.40. The van der Waals surface area contributed by atoms with Crippen LogP contribution in [-0.2, 0) is 15.1 Å². The zero-order valence-electron chi connectivity index (χ0n) is 17.1. The van der Waals surface area contributed by atoms with Crippen molar-refractivity contribution in [3.05, 3.63) is 35.9 Å². The number of imidazole rings is 1. The quantitative estimate of drug-likeness (QED) is 0.834. The highest BCUT2D eigenvalue weighted by molar-refractivity contribution is 5.83. The van der Waals surface area contributed by atoms with Gasteiger partial charge in [-0.05, 0) is 45.2 Å². The number of aryl methyl sites for hydroxylation is 1. The Morgan fingerprint density at radius 2 is 2.14 bits per heavy atom. The normalized spacial score (nSPS) is 22.5. The van der Waals surface area contributed by atoms with Crippen LogP contribution in [0.2, 0.25) is 0 Å². The number of nitrogens with one attached hydrogen (secondary N) is 2. The summed E-state index contributed by atoms with van der Waals surface area (Å²) >= 11 is 0. The van der Waals surface area contributed by atoms with Crippen LogP contribution < -0.4 is 10.6 Å². The molecule has 2 saturated heterocycles. The Morgan fingerprint density at radius 1 is 1.36 bits per heavy atom. The van der Waals surface area contributed by atoms with E-state index in [4.69, 9.17) is 4.74 Å². The second-order valence-corrected chi connectivity index (χ2v) is 8.49. The first-order valence-corrected chi connectivity index (χ1v) is 10.3. The number of nitrogens with zero attached hydrogens (tertiary/aromatic N) is 3. The minimum Gasteiger partial charge on any atom is -0.381 e. The van der Waals surface area contributed by atoms with Gasteiger partial charge in [-0.25, -0.2) is 4.98 Å². The largest absolute Gasteiger partial charge is 0.381 e. The van der Waals surface area contributed by atoms with Crippen LogP contribution in [0.1, 0.15) is 38.1 Å². The first kappa shape index (κ1) is 19.4. The molecule has 4 rings (SSSR count). The third-order valence-corrected chi connectivity index (χ3v) is 6.01. The van der Waals surface area contributed by atoms with Gasteiger partial charge < -0.3 is 19.8 Å². The molecule has 28 heavy (non-hydrogen) atoms. The number of carbonyl (C=O) groups is 1. The van der Waals surface area contributed by atoms with Crippen LogP contribution in [0.25, 0.3) is 5.52 Å². The number of ether oxygens (including phenoxy) is 1. The van der Waals surface area contributed by atoms with Gasteiger partial charge in [0.25, 0.3) is 0 Å². The second-order valence-electron chi connectivity index (χ2n) is 8.49. The molecule has 2 aromatic rings. The standard InChI is InChI=1S/C21H31N5O2/c1-15-5-4-9-26-18(15)13-23-20(26)21(2,3)24-19(27)17-14-25(10-8-22-17)16-6-11-28-12-7-16/h4-5,9,13,16-17,22H,6-8,10-12,14H2,1-3H3,(H,24,27)/t17-/m0/s1. The van der Waals surface area contributed by atoms with Crippen molar-refractivity contribution >= 4 is 11.4 Å². The Morgan fingerprint density at radius 3 is 2.93 bits per heavy atom. The highest BCUT2D eigenvalue weighted by atomic mass is 16.5. The van der Waals surface area contributed by atoms with Gasteiger partial charge in [-0.1, -0.05) is 6.07 Å². The third kappa shape index (κ3) is 3.79. The van der Waals surface area contributed by atoms with Gasteiger partial charge >= 0.3 is 0 Å². The van der Waals surface area contributed by atoms with E-state index in [2.05, 4.69) is 37.9 Å². The summed E-state index contributed by atoms with van der Waals surface area (Å²) in [6.07, 6.45) is 5.99. The number of pyridine rings is 1. The molecule has 2 fully saturated rings. The zero-order valence-corrected chi connectivity index (χ0v) is 17.1. The Labute approximate surface area is 166 Å². The van der Waals surface area contributed by atoms with Gasteiger partial charge in [-0.2, -0.15) is 0 Å². The maximum Gasteiger partial charge on any atom is 0.239 e. The summed E-state index contributed by atoms with van der Waals surface area (Å²) < 4.78 is 7.55. The molecule has 0 bridgehead atoms. The first-order valence-electron chi connectivity index (χ1n) is 10.3. The van der Waals surface area contributed by atoms with Crippen molar-refractivity contribution in [2.45, 2.75) is 51.2 Å². The molecular formula is C21H31N5O2. The Hall–Kier alpha value is -1.96. The number of amides is 1. The molecule has 0 spiro atoms. The lowest BCUT2D eigenvalue weighted by Gasteiger charge is -2.40. The molecule has 0 saturated carbocycles. The maximum absolute atomic E-state index is 13.1. The van der Waals surface area contributed by atoms with Crippen LogP contribution in [-0.4, -0.2) is 65.1 Å². The molecule has 2 aromatic heterocycles. The SMILES string of the molecule is Cc1cccn2c(C(C)(C)NC(=O)[C@@H]3CN(C4CCOCC4)CCN3)ncc12. The molecule has 2 aliphatic rings. The highest BCUT2D eigenvalue weighted by Gasteiger charge is 2.34. The third-order valence-electron chi connectivity index (χ3n) is 6.01. The van der Waals surface area contributed by atoms with Crippen molar-refractivity contribution in [1.29, 1.82) is 0 Å². The smallest absolute Gasteiger partial charge is 0.239 e. The predicted molar refractivity (Wildman–Crippen MR) is 108 cm³/mol. The van der Waals surface area contributed by atoms with Crippen LogP contribution in [0, 0.1) is 6.92 Å². The first-order chi connectivity index (χ1) is 13.5. The summed E-state index contributed by atoms with van der Waals surface area (Å²) in [6.45, 7) is 10.3. The van der Waals surface area contributed by atoms with Gasteiger partial charge in [0.15, 0.2) is 0 Å². The average Bonchev–Trinajstić information content (AvgIpc) is 3.15. The molecule has 2 N–H and O–H groups in total. The summed E-state index contributed by atoms with van der Waals surface area (Å²) in [7, 11) is 0. The number of carbonyl (C=O) groups excluding carboxylic acids is 1. The van der Waals surface area contributed by atoms with Crippen molar-refractivity contribution in [2.24, 2.45) is 0 Å². The van der Waals surface area contributed by atoms with Crippen molar-refractivity contribution in [2.75, 3.05) is 32.8 Å². The summed E-state index contributed by atoms with van der Waals surface area (Å²) in [5.41, 5.74) is 1.67. The van der Waals surface area contributed by atoms with Gasteiger partial charge in [0.05, 0.1) is 23.3 Å². The van der Waals surface area contributed by atoms with E-state index in [1.54, 1.807) is 0 Å². The summed E-state index contributed by atoms with van der Waals surface area (Å²) in [5, 5.41) is 6.62. The number of piperazine rings is 1. The van der Waals surface area contributed by atoms with E-state index in [1.807, 2.05) is 32.3 Å². The molecule has 0 aromatic carbocycles. The van der Waals surface area contributed by atoms with E-state index in [0.717, 1.165) is 57.0 Å². The monoisotopic (exact) mass is 385 g/mol. The molecular weight excluding hydrogens is 354 g/mol. The van der Waals surface area contributed by atoms with Crippen molar-refractivity contribution < 1.29 is 9.53 Å². The molecule has 0 unspecified atom stereocenters. The van der Waals surface area contributed by atoms with E-state index in [0.29, 0.717) is 6.04 Å². The lowest BCUT2D eigenvalue weighted by molar-refractivity contribution is -0.126. The van der Waals surface area contributed by atoms with E-state index < -0.39 is 5.54 Å². The van der Waals surface area contributed by atoms with Crippen molar-refractivity contribution in [3.63, 3.8) is 0 Å². The fourth-order valence-corrected chi connectivity index (χ4v) is 4.41. The second kappa shape index (κ2) is 7.81. The Balaban J connectivity index is 1.46. The molecule has 2 aliphatic heterocycles.